The number of carbonyl (C=O) groups excluding carboxylic acids is 3. The van der Waals surface area contributed by atoms with E-state index in [1.54, 1.807) is 38.1 Å². The lowest BCUT2D eigenvalue weighted by atomic mass is 10.0. The predicted octanol–water partition coefficient (Wildman–Crippen LogP) is 2.49. The first-order chi connectivity index (χ1) is 15.6. The molecular formula is C23H24ClN3O5S. The fourth-order valence-corrected chi connectivity index (χ4v) is 5.79. The lowest BCUT2D eigenvalue weighted by Gasteiger charge is -2.38. The van der Waals surface area contributed by atoms with Gasteiger partial charge in [0.2, 0.25) is 15.9 Å². The van der Waals surface area contributed by atoms with Crippen molar-refractivity contribution in [1.29, 1.82) is 0 Å². The van der Waals surface area contributed by atoms with Gasteiger partial charge in [0.15, 0.2) is 0 Å². The predicted molar refractivity (Wildman–Crippen MR) is 122 cm³/mol. The molecule has 0 aromatic heterocycles. The zero-order valence-corrected chi connectivity index (χ0v) is 19.8. The lowest BCUT2D eigenvalue weighted by molar-refractivity contribution is -0.138. The molecular weight excluding hydrogens is 466 g/mol. The number of imide groups is 1. The monoisotopic (exact) mass is 489 g/mol. The molecule has 2 aliphatic rings. The molecule has 4 rings (SSSR count). The fourth-order valence-electron chi connectivity index (χ4n) is 4.25. The fraction of sp³-hybridized carbons (Fsp3) is 0.348. The van der Waals surface area contributed by atoms with Gasteiger partial charge in [0.25, 0.3) is 11.8 Å². The van der Waals surface area contributed by atoms with Crippen molar-refractivity contribution in [1.82, 2.24) is 14.1 Å². The van der Waals surface area contributed by atoms with Crippen molar-refractivity contribution in [2.45, 2.75) is 24.8 Å². The van der Waals surface area contributed by atoms with E-state index in [1.807, 2.05) is 0 Å². The highest BCUT2D eigenvalue weighted by atomic mass is 35.5. The van der Waals surface area contributed by atoms with Gasteiger partial charge in [-0.05, 0) is 42.3 Å². The lowest BCUT2D eigenvalue weighted by Crippen LogP contribution is -2.58. The van der Waals surface area contributed by atoms with E-state index >= 15 is 0 Å². The van der Waals surface area contributed by atoms with Crippen LogP contribution < -0.4 is 0 Å². The van der Waals surface area contributed by atoms with Gasteiger partial charge in [-0.3, -0.25) is 19.3 Å². The minimum atomic E-state index is -3.72. The first kappa shape index (κ1) is 23.4. The van der Waals surface area contributed by atoms with Crippen molar-refractivity contribution < 1.29 is 22.8 Å². The third-order valence-electron chi connectivity index (χ3n) is 5.99. The highest BCUT2D eigenvalue weighted by Gasteiger charge is 2.45. The van der Waals surface area contributed by atoms with E-state index < -0.39 is 27.9 Å². The van der Waals surface area contributed by atoms with Gasteiger partial charge in [-0.15, -0.1) is 0 Å². The van der Waals surface area contributed by atoms with Crippen LogP contribution in [-0.4, -0.2) is 72.5 Å². The molecule has 33 heavy (non-hydrogen) atoms. The molecule has 1 saturated heterocycles. The molecule has 0 bridgehead atoms. The highest BCUT2D eigenvalue weighted by molar-refractivity contribution is 7.89. The summed E-state index contributed by atoms with van der Waals surface area (Å²) < 4.78 is 27.2. The largest absolute Gasteiger partial charge is 0.338 e. The van der Waals surface area contributed by atoms with E-state index in [4.69, 9.17) is 11.6 Å². The second-order valence-corrected chi connectivity index (χ2v) is 10.8. The Hall–Kier alpha value is -2.75. The Morgan fingerprint density at radius 3 is 1.88 bits per heavy atom. The van der Waals surface area contributed by atoms with Gasteiger partial charge in [-0.1, -0.05) is 37.6 Å². The smallest absolute Gasteiger partial charge is 0.262 e. The molecule has 0 radical (unpaired) electrons. The summed E-state index contributed by atoms with van der Waals surface area (Å²) in [4.78, 5) is 42.0. The molecule has 0 aliphatic carbocycles. The van der Waals surface area contributed by atoms with Crippen molar-refractivity contribution in [2.24, 2.45) is 5.92 Å². The van der Waals surface area contributed by atoms with Crippen LogP contribution in [0.25, 0.3) is 0 Å². The Morgan fingerprint density at radius 1 is 0.879 bits per heavy atom. The van der Waals surface area contributed by atoms with Crippen LogP contribution >= 0.6 is 11.6 Å². The number of carbonyl (C=O) groups is 3. The number of halogens is 1. The number of rotatable bonds is 5. The number of benzene rings is 2. The molecule has 0 saturated carbocycles. The first-order valence-corrected chi connectivity index (χ1v) is 12.5. The van der Waals surface area contributed by atoms with Crippen LogP contribution in [0.1, 0.15) is 34.6 Å². The quantitative estimate of drug-likeness (QED) is 0.601. The summed E-state index contributed by atoms with van der Waals surface area (Å²) in [6.45, 7) is 4.13. The van der Waals surface area contributed by atoms with Gasteiger partial charge < -0.3 is 4.90 Å². The number of piperazine rings is 1. The van der Waals surface area contributed by atoms with Crippen LogP contribution in [0.15, 0.2) is 53.4 Å². The van der Waals surface area contributed by atoms with Crippen LogP contribution in [0, 0.1) is 5.92 Å². The maximum absolute atomic E-state index is 13.4. The van der Waals surface area contributed by atoms with Crippen molar-refractivity contribution in [3.05, 3.63) is 64.7 Å². The Kier molecular flexibility index (Phi) is 6.30. The van der Waals surface area contributed by atoms with E-state index in [0.717, 1.165) is 4.90 Å². The number of hydrogen-bond acceptors (Lipinski definition) is 5. The minimum absolute atomic E-state index is 0.115. The number of hydrogen-bond donors (Lipinski definition) is 0. The molecule has 2 aliphatic heterocycles. The number of nitrogens with zero attached hydrogens (tertiary/aromatic N) is 3. The summed E-state index contributed by atoms with van der Waals surface area (Å²) in [6.07, 6.45) is 0. The van der Waals surface area contributed by atoms with Crippen molar-refractivity contribution in [3.63, 3.8) is 0 Å². The Balaban J connectivity index is 1.50. The van der Waals surface area contributed by atoms with Gasteiger partial charge in [0.1, 0.15) is 6.04 Å². The van der Waals surface area contributed by atoms with E-state index in [0.29, 0.717) is 16.1 Å². The molecule has 0 N–H and O–H groups in total. The SMILES string of the molecule is CC(C)C(C(=O)N1CCN(S(=O)(=O)c2ccc(Cl)cc2)CC1)N1C(=O)c2ccccc2C1=O. The number of fused-ring (bicyclic) bond motifs is 1. The topological polar surface area (TPSA) is 95.1 Å². The third-order valence-corrected chi connectivity index (χ3v) is 8.15. The second kappa shape index (κ2) is 8.89. The summed E-state index contributed by atoms with van der Waals surface area (Å²) >= 11 is 5.86. The molecule has 2 aromatic carbocycles. The maximum atomic E-state index is 13.4. The van der Waals surface area contributed by atoms with Gasteiger partial charge in [-0.25, -0.2) is 8.42 Å². The number of sulfonamides is 1. The zero-order chi connectivity index (χ0) is 23.9. The molecule has 1 atom stereocenters. The summed E-state index contributed by atoms with van der Waals surface area (Å²) in [6, 6.07) is 11.5. The van der Waals surface area contributed by atoms with E-state index in [9.17, 15) is 22.8 Å². The van der Waals surface area contributed by atoms with Crippen molar-refractivity contribution in [3.8, 4) is 0 Å². The Bertz CT molecular complexity index is 1170. The van der Waals surface area contributed by atoms with Gasteiger partial charge in [0.05, 0.1) is 16.0 Å². The molecule has 8 nitrogen and oxygen atoms in total. The first-order valence-electron chi connectivity index (χ1n) is 10.6. The Labute approximate surface area is 197 Å². The third kappa shape index (κ3) is 4.16. The van der Waals surface area contributed by atoms with E-state index in [2.05, 4.69) is 0 Å². The summed E-state index contributed by atoms with van der Waals surface area (Å²) in [5, 5.41) is 0.442. The molecule has 2 aromatic rings. The molecule has 1 fully saturated rings. The zero-order valence-electron chi connectivity index (χ0n) is 18.3. The van der Waals surface area contributed by atoms with Crippen molar-refractivity contribution >= 4 is 39.3 Å². The van der Waals surface area contributed by atoms with E-state index in [-0.39, 0.29) is 42.9 Å². The maximum Gasteiger partial charge on any atom is 0.262 e. The van der Waals surface area contributed by atoms with E-state index in [1.165, 1.54) is 33.5 Å². The van der Waals surface area contributed by atoms with Crippen LogP contribution in [0.5, 0.6) is 0 Å². The van der Waals surface area contributed by atoms with Gasteiger partial charge in [0, 0.05) is 31.2 Å². The molecule has 174 valence electrons. The molecule has 3 amide bonds. The normalized spacial score (nSPS) is 18.1. The minimum Gasteiger partial charge on any atom is -0.338 e. The van der Waals surface area contributed by atoms with Crippen molar-refractivity contribution in [2.75, 3.05) is 26.2 Å². The average Bonchev–Trinajstić information content (AvgIpc) is 3.05. The molecule has 2 heterocycles. The van der Waals surface area contributed by atoms with Gasteiger partial charge in [-0.2, -0.15) is 4.31 Å². The molecule has 1 unspecified atom stereocenters. The highest BCUT2D eigenvalue weighted by Crippen LogP contribution is 2.28. The average molecular weight is 490 g/mol. The summed E-state index contributed by atoms with van der Waals surface area (Å²) in [5.41, 5.74) is 0.583. The number of amides is 3. The van der Waals surface area contributed by atoms with Crippen LogP contribution in [0.3, 0.4) is 0 Å². The van der Waals surface area contributed by atoms with Crippen LogP contribution in [-0.2, 0) is 14.8 Å². The standard InChI is InChI=1S/C23H24ClN3O5S/c1-15(2)20(27-21(28)18-5-3-4-6-19(18)22(27)29)23(30)25-11-13-26(14-12-25)33(31,32)17-9-7-16(24)8-10-17/h3-10,15,20H,11-14H2,1-2H3. The summed E-state index contributed by atoms with van der Waals surface area (Å²) in [7, 11) is -3.72. The van der Waals surface area contributed by atoms with Crippen LogP contribution in [0.4, 0.5) is 0 Å². The molecule has 0 spiro atoms. The molecule has 10 heteroatoms. The Morgan fingerprint density at radius 2 is 1.39 bits per heavy atom. The van der Waals surface area contributed by atoms with Gasteiger partial charge >= 0.3 is 0 Å². The summed E-state index contributed by atoms with van der Waals surface area (Å²) in [5.74, 6) is -1.63. The second-order valence-electron chi connectivity index (χ2n) is 8.40. The van der Waals surface area contributed by atoms with Crippen LogP contribution in [0.2, 0.25) is 5.02 Å².